The van der Waals surface area contributed by atoms with Crippen LogP contribution in [0.1, 0.15) is 26.7 Å². The summed E-state index contributed by atoms with van der Waals surface area (Å²) in [5, 5.41) is 8.14. The maximum atomic E-state index is 12.2. The number of piperidine rings is 1. The molecule has 0 aliphatic carbocycles. The normalized spacial score (nSPS) is 22.0. The van der Waals surface area contributed by atoms with Gasteiger partial charge < -0.3 is 10.1 Å². The minimum Gasteiger partial charge on any atom is -0.379 e. The summed E-state index contributed by atoms with van der Waals surface area (Å²) in [6.45, 7) is 9.97. The Kier molecular flexibility index (Phi) is 7.21. The smallest absolute Gasteiger partial charge is 0.234 e. The predicted octanol–water partition coefficient (Wildman–Crippen LogP) is -0.786. The standard InChI is InChI=1S/C16H32N4O4S/c1-16(2,20-7-9-24-10-8-20)13-18-15(21)11-19-5-3-14(4-6-19)12-25(17,22)23/h14H,3-13H2,1-2H3,(H,18,21)(H2,17,22,23). The highest BCUT2D eigenvalue weighted by molar-refractivity contribution is 7.89. The molecule has 146 valence electrons. The van der Waals surface area contributed by atoms with Gasteiger partial charge in [-0.3, -0.25) is 14.6 Å². The minimum atomic E-state index is -3.41. The number of likely N-dealkylation sites (tertiary alicyclic amines) is 1. The van der Waals surface area contributed by atoms with Crippen molar-refractivity contribution in [1.82, 2.24) is 15.1 Å². The number of hydrogen-bond acceptors (Lipinski definition) is 6. The van der Waals surface area contributed by atoms with E-state index in [1.54, 1.807) is 0 Å². The van der Waals surface area contributed by atoms with E-state index >= 15 is 0 Å². The molecule has 2 heterocycles. The van der Waals surface area contributed by atoms with E-state index in [0.717, 1.165) is 52.2 Å². The summed E-state index contributed by atoms with van der Waals surface area (Å²) >= 11 is 0. The molecule has 1 amide bonds. The van der Waals surface area contributed by atoms with Gasteiger partial charge in [0.2, 0.25) is 15.9 Å². The molecule has 2 rings (SSSR count). The fourth-order valence-corrected chi connectivity index (χ4v) is 4.48. The molecule has 0 radical (unpaired) electrons. The van der Waals surface area contributed by atoms with E-state index in [2.05, 4.69) is 29.0 Å². The van der Waals surface area contributed by atoms with Crippen molar-refractivity contribution in [3.8, 4) is 0 Å². The molecular formula is C16H32N4O4S. The maximum absolute atomic E-state index is 12.2. The van der Waals surface area contributed by atoms with Crippen molar-refractivity contribution in [1.29, 1.82) is 0 Å². The largest absolute Gasteiger partial charge is 0.379 e. The van der Waals surface area contributed by atoms with Crippen molar-refractivity contribution in [2.24, 2.45) is 11.1 Å². The monoisotopic (exact) mass is 376 g/mol. The number of hydrogen-bond donors (Lipinski definition) is 2. The lowest BCUT2D eigenvalue weighted by molar-refractivity contribution is -0.123. The van der Waals surface area contributed by atoms with Crippen molar-refractivity contribution in [3.05, 3.63) is 0 Å². The van der Waals surface area contributed by atoms with Crippen molar-refractivity contribution >= 4 is 15.9 Å². The van der Waals surface area contributed by atoms with Crippen LogP contribution >= 0.6 is 0 Å². The number of rotatable bonds is 7. The second-order valence-electron chi connectivity index (χ2n) is 7.74. The van der Waals surface area contributed by atoms with E-state index in [0.29, 0.717) is 13.1 Å². The zero-order valence-corrected chi connectivity index (χ0v) is 16.2. The number of morpholine rings is 1. The van der Waals surface area contributed by atoms with E-state index in [4.69, 9.17) is 9.88 Å². The number of carbonyl (C=O) groups excluding carboxylic acids is 1. The lowest BCUT2D eigenvalue weighted by Gasteiger charge is -2.41. The number of amides is 1. The molecule has 0 spiro atoms. The van der Waals surface area contributed by atoms with E-state index < -0.39 is 10.0 Å². The second kappa shape index (κ2) is 8.77. The van der Waals surface area contributed by atoms with E-state index in [1.807, 2.05) is 0 Å². The van der Waals surface area contributed by atoms with Gasteiger partial charge in [0.05, 0.1) is 25.5 Å². The summed E-state index contributed by atoms with van der Waals surface area (Å²) in [6.07, 6.45) is 1.53. The van der Waals surface area contributed by atoms with Crippen LogP contribution in [-0.2, 0) is 19.6 Å². The molecule has 2 fully saturated rings. The lowest BCUT2D eigenvalue weighted by Crippen LogP contribution is -2.56. The molecule has 0 aromatic carbocycles. The molecule has 25 heavy (non-hydrogen) atoms. The average molecular weight is 377 g/mol. The zero-order valence-electron chi connectivity index (χ0n) is 15.4. The highest BCUT2D eigenvalue weighted by atomic mass is 32.2. The summed E-state index contributed by atoms with van der Waals surface area (Å²) in [5.74, 6) is 0.168. The van der Waals surface area contributed by atoms with Gasteiger partial charge in [-0.05, 0) is 45.7 Å². The SMILES string of the molecule is CC(C)(CNC(=O)CN1CCC(CS(N)(=O)=O)CC1)N1CCOCC1. The van der Waals surface area contributed by atoms with Crippen LogP contribution in [-0.4, -0.2) is 87.9 Å². The van der Waals surface area contributed by atoms with E-state index in [9.17, 15) is 13.2 Å². The van der Waals surface area contributed by atoms with E-state index in [-0.39, 0.29) is 23.1 Å². The van der Waals surface area contributed by atoms with Gasteiger partial charge in [0.1, 0.15) is 0 Å². The first kappa shape index (κ1) is 20.6. The first-order valence-electron chi connectivity index (χ1n) is 8.98. The number of ether oxygens (including phenoxy) is 1. The third kappa shape index (κ3) is 7.18. The van der Waals surface area contributed by atoms with Crippen LogP contribution in [0.15, 0.2) is 0 Å². The minimum absolute atomic E-state index is 0.0197. The van der Waals surface area contributed by atoms with Gasteiger partial charge in [-0.2, -0.15) is 0 Å². The lowest BCUT2D eigenvalue weighted by atomic mass is 9.99. The molecular weight excluding hydrogens is 344 g/mol. The van der Waals surface area contributed by atoms with E-state index in [1.165, 1.54) is 0 Å². The Labute approximate surface area is 151 Å². The summed E-state index contributed by atoms with van der Waals surface area (Å²) in [5.41, 5.74) is -0.0953. The highest BCUT2D eigenvalue weighted by Gasteiger charge is 2.29. The number of nitrogens with zero attached hydrogens (tertiary/aromatic N) is 2. The fourth-order valence-electron chi connectivity index (χ4n) is 3.49. The third-order valence-electron chi connectivity index (χ3n) is 5.13. The summed E-state index contributed by atoms with van der Waals surface area (Å²) in [6, 6.07) is 0. The predicted molar refractivity (Wildman–Crippen MR) is 96.6 cm³/mol. The van der Waals surface area contributed by atoms with Crippen LogP contribution < -0.4 is 10.5 Å². The highest BCUT2D eigenvalue weighted by Crippen LogP contribution is 2.18. The molecule has 2 aliphatic rings. The molecule has 2 saturated heterocycles. The van der Waals surface area contributed by atoms with Crippen molar-refractivity contribution in [2.75, 3.05) is 58.2 Å². The third-order valence-corrected chi connectivity index (χ3v) is 6.06. The quantitative estimate of drug-likeness (QED) is 0.604. The van der Waals surface area contributed by atoms with Crippen LogP contribution in [0.4, 0.5) is 0 Å². The van der Waals surface area contributed by atoms with Gasteiger partial charge in [-0.1, -0.05) is 0 Å². The van der Waals surface area contributed by atoms with Gasteiger partial charge >= 0.3 is 0 Å². The van der Waals surface area contributed by atoms with Crippen molar-refractivity contribution < 1.29 is 17.9 Å². The van der Waals surface area contributed by atoms with Gasteiger partial charge in [0.25, 0.3) is 0 Å². The molecule has 0 unspecified atom stereocenters. The van der Waals surface area contributed by atoms with Crippen molar-refractivity contribution in [2.45, 2.75) is 32.2 Å². The fraction of sp³-hybridized carbons (Fsp3) is 0.938. The topological polar surface area (TPSA) is 105 Å². The van der Waals surface area contributed by atoms with Crippen molar-refractivity contribution in [3.63, 3.8) is 0 Å². The number of nitrogens with two attached hydrogens (primary N) is 1. The summed E-state index contributed by atoms with van der Waals surface area (Å²) in [4.78, 5) is 16.7. The molecule has 8 nitrogen and oxygen atoms in total. The Balaban J connectivity index is 1.68. The number of primary sulfonamides is 1. The molecule has 0 saturated carbocycles. The Bertz CT molecular complexity index is 538. The molecule has 9 heteroatoms. The Morgan fingerprint density at radius 3 is 2.36 bits per heavy atom. The number of sulfonamides is 1. The van der Waals surface area contributed by atoms with Gasteiger partial charge in [0, 0.05) is 25.2 Å². The first-order valence-corrected chi connectivity index (χ1v) is 10.7. The van der Waals surface area contributed by atoms with Crippen LogP contribution in [0.5, 0.6) is 0 Å². The molecule has 0 atom stereocenters. The zero-order chi connectivity index (χ0) is 18.5. The molecule has 0 bridgehead atoms. The second-order valence-corrected chi connectivity index (χ2v) is 9.40. The molecule has 0 aromatic rings. The Morgan fingerprint density at radius 2 is 1.80 bits per heavy atom. The van der Waals surface area contributed by atoms with Crippen LogP contribution in [0.25, 0.3) is 0 Å². The average Bonchev–Trinajstić information content (AvgIpc) is 2.54. The van der Waals surface area contributed by atoms with Crippen LogP contribution in [0.3, 0.4) is 0 Å². The Morgan fingerprint density at radius 1 is 1.20 bits per heavy atom. The van der Waals surface area contributed by atoms with Crippen LogP contribution in [0, 0.1) is 5.92 Å². The van der Waals surface area contributed by atoms with Gasteiger partial charge in [0.15, 0.2) is 0 Å². The van der Waals surface area contributed by atoms with Gasteiger partial charge in [-0.15, -0.1) is 0 Å². The maximum Gasteiger partial charge on any atom is 0.234 e. The Hall–Kier alpha value is -0.740. The number of nitrogens with one attached hydrogen (secondary N) is 1. The molecule has 3 N–H and O–H groups in total. The summed E-state index contributed by atoms with van der Waals surface area (Å²) < 4.78 is 27.7. The van der Waals surface area contributed by atoms with Gasteiger partial charge in [-0.25, -0.2) is 13.6 Å². The van der Waals surface area contributed by atoms with Crippen LogP contribution in [0.2, 0.25) is 0 Å². The number of carbonyl (C=O) groups is 1. The first-order chi connectivity index (χ1) is 11.7. The summed E-state index contributed by atoms with van der Waals surface area (Å²) in [7, 11) is -3.41. The molecule has 0 aromatic heterocycles. The molecule has 2 aliphatic heterocycles.